The molecule has 6 nitrogen and oxygen atoms in total. The van der Waals surface area contributed by atoms with E-state index >= 15 is 0 Å². The summed E-state index contributed by atoms with van der Waals surface area (Å²) in [6.07, 6.45) is 2.21. The second-order valence-corrected chi connectivity index (χ2v) is 8.70. The molecule has 1 amide bonds. The lowest BCUT2D eigenvalue weighted by Gasteiger charge is -2.34. The molecule has 1 heterocycles. The molecule has 0 radical (unpaired) electrons. The summed E-state index contributed by atoms with van der Waals surface area (Å²) in [5.41, 5.74) is 0. The summed E-state index contributed by atoms with van der Waals surface area (Å²) >= 11 is 0. The lowest BCUT2D eigenvalue weighted by atomic mass is 10.3. The Morgan fingerprint density at radius 2 is 1.67 bits per heavy atom. The summed E-state index contributed by atoms with van der Waals surface area (Å²) in [7, 11) is -3.22. The van der Waals surface area contributed by atoms with Crippen molar-refractivity contribution < 1.29 is 13.2 Å². The fourth-order valence-electron chi connectivity index (χ4n) is 2.87. The van der Waals surface area contributed by atoms with Crippen LogP contribution in [0.1, 0.15) is 12.8 Å². The molecule has 0 bridgehead atoms. The Morgan fingerprint density at radius 1 is 1.04 bits per heavy atom. The molecule has 0 atom stereocenters. The zero-order valence-electron chi connectivity index (χ0n) is 13.9. The predicted octanol–water partition coefficient (Wildman–Crippen LogP) is 0.357. The van der Waals surface area contributed by atoms with E-state index in [1.54, 1.807) is 24.3 Å². The number of piperazine rings is 1. The minimum Gasteiger partial charge on any atom is -0.352 e. The van der Waals surface area contributed by atoms with Crippen molar-refractivity contribution in [2.45, 2.75) is 23.8 Å². The third-order valence-corrected chi connectivity index (χ3v) is 6.26. The number of amides is 1. The largest absolute Gasteiger partial charge is 0.352 e. The van der Waals surface area contributed by atoms with Crippen LogP contribution in [0.3, 0.4) is 0 Å². The zero-order chi connectivity index (χ0) is 17.0. The lowest BCUT2D eigenvalue weighted by molar-refractivity contribution is -0.122. The molecule has 24 heavy (non-hydrogen) atoms. The smallest absolute Gasteiger partial charge is 0.234 e. The van der Waals surface area contributed by atoms with E-state index < -0.39 is 9.84 Å². The third-order valence-electron chi connectivity index (χ3n) is 4.55. The molecule has 2 fully saturated rings. The van der Waals surface area contributed by atoms with Crippen LogP contribution in [-0.4, -0.2) is 75.2 Å². The van der Waals surface area contributed by atoms with Gasteiger partial charge in [0.05, 0.1) is 17.2 Å². The number of hydrogen-bond donors (Lipinski definition) is 1. The summed E-state index contributed by atoms with van der Waals surface area (Å²) in [5, 5.41) is 3.00. The Morgan fingerprint density at radius 3 is 2.29 bits per heavy atom. The van der Waals surface area contributed by atoms with Gasteiger partial charge in [0.2, 0.25) is 5.91 Å². The molecular formula is C17H25N3O3S. The summed E-state index contributed by atoms with van der Waals surface area (Å²) in [5.74, 6) is 0.247. The number of sulfone groups is 1. The summed E-state index contributed by atoms with van der Waals surface area (Å²) in [6, 6.07) is 9.01. The van der Waals surface area contributed by atoms with Crippen LogP contribution in [0.4, 0.5) is 0 Å². The van der Waals surface area contributed by atoms with E-state index in [1.165, 1.54) is 0 Å². The highest BCUT2D eigenvalue weighted by molar-refractivity contribution is 7.91. The monoisotopic (exact) mass is 351 g/mol. The van der Waals surface area contributed by atoms with Gasteiger partial charge in [0, 0.05) is 38.8 Å². The van der Waals surface area contributed by atoms with Gasteiger partial charge in [0.1, 0.15) is 0 Å². The number of nitrogens with one attached hydrogen (secondary N) is 1. The van der Waals surface area contributed by atoms with E-state index in [1.807, 2.05) is 6.07 Å². The van der Waals surface area contributed by atoms with Crippen LogP contribution in [0, 0.1) is 0 Å². The lowest BCUT2D eigenvalue weighted by Crippen LogP contribution is -2.50. The van der Waals surface area contributed by atoms with Crippen LogP contribution >= 0.6 is 0 Å². The molecule has 7 heteroatoms. The van der Waals surface area contributed by atoms with Crippen LogP contribution < -0.4 is 5.32 Å². The first-order valence-electron chi connectivity index (χ1n) is 8.55. The zero-order valence-corrected chi connectivity index (χ0v) is 14.7. The Balaban J connectivity index is 1.40. The van der Waals surface area contributed by atoms with Gasteiger partial charge in [-0.05, 0) is 25.0 Å². The van der Waals surface area contributed by atoms with Gasteiger partial charge in [0.15, 0.2) is 9.84 Å². The molecule has 132 valence electrons. The molecule has 1 saturated heterocycles. The van der Waals surface area contributed by atoms with E-state index in [9.17, 15) is 13.2 Å². The van der Waals surface area contributed by atoms with E-state index in [2.05, 4.69) is 15.1 Å². The van der Waals surface area contributed by atoms with Crippen molar-refractivity contribution in [3.63, 3.8) is 0 Å². The molecule has 0 aromatic heterocycles. The molecule has 3 rings (SSSR count). The summed E-state index contributed by atoms with van der Waals surface area (Å²) in [4.78, 5) is 16.5. The van der Waals surface area contributed by atoms with Crippen LogP contribution in [0.25, 0.3) is 0 Å². The average Bonchev–Trinajstić information content (AvgIpc) is 3.39. The number of rotatable bonds is 7. The number of benzene rings is 1. The highest BCUT2D eigenvalue weighted by Gasteiger charge is 2.25. The van der Waals surface area contributed by atoms with E-state index in [0.717, 1.165) is 39.0 Å². The highest BCUT2D eigenvalue weighted by atomic mass is 32.2. The fraction of sp³-hybridized carbons (Fsp3) is 0.588. The quantitative estimate of drug-likeness (QED) is 0.768. The van der Waals surface area contributed by atoms with Crippen LogP contribution in [-0.2, 0) is 14.6 Å². The third kappa shape index (κ3) is 5.03. The molecule has 1 aromatic carbocycles. The summed E-state index contributed by atoms with van der Waals surface area (Å²) in [6.45, 7) is 4.22. The van der Waals surface area contributed by atoms with Crippen molar-refractivity contribution in [2.75, 3.05) is 45.0 Å². The van der Waals surface area contributed by atoms with Crippen LogP contribution in [0.15, 0.2) is 35.2 Å². The van der Waals surface area contributed by atoms with E-state index in [4.69, 9.17) is 0 Å². The molecule has 2 aliphatic rings. The van der Waals surface area contributed by atoms with Gasteiger partial charge in [-0.3, -0.25) is 14.6 Å². The second-order valence-electron chi connectivity index (χ2n) is 6.59. The van der Waals surface area contributed by atoms with Crippen LogP contribution in [0.5, 0.6) is 0 Å². The maximum Gasteiger partial charge on any atom is 0.234 e. The van der Waals surface area contributed by atoms with E-state index in [-0.39, 0.29) is 11.7 Å². The van der Waals surface area contributed by atoms with Crippen molar-refractivity contribution in [3.8, 4) is 0 Å². The molecule has 1 N–H and O–H groups in total. The average molecular weight is 351 g/mol. The second kappa shape index (κ2) is 7.63. The molecular weight excluding hydrogens is 326 g/mol. The van der Waals surface area contributed by atoms with Gasteiger partial charge in [-0.2, -0.15) is 0 Å². The maximum absolute atomic E-state index is 12.3. The Labute approximate surface area is 143 Å². The molecule has 0 unspecified atom stereocenters. The Kier molecular flexibility index (Phi) is 5.53. The van der Waals surface area contributed by atoms with Crippen molar-refractivity contribution in [3.05, 3.63) is 30.3 Å². The Bertz CT molecular complexity index is 651. The molecule has 1 aromatic rings. The van der Waals surface area contributed by atoms with Gasteiger partial charge in [-0.15, -0.1) is 0 Å². The number of hydrogen-bond acceptors (Lipinski definition) is 5. The first-order valence-corrected chi connectivity index (χ1v) is 10.2. The van der Waals surface area contributed by atoms with Crippen LogP contribution in [0.2, 0.25) is 0 Å². The predicted molar refractivity (Wildman–Crippen MR) is 92.5 cm³/mol. The number of carbonyl (C=O) groups is 1. The summed E-state index contributed by atoms with van der Waals surface area (Å²) < 4.78 is 24.6. The first kappa shape index (κ1) is 17.4. The van der Waals surface area contributed by atoms with Crippen molar-refractivity contribution in [1.29, 1.82) is 0 Å². The van der Waals surface area contributed by atoms with Crippen molar-refractivity contribution in [2.24, 2.45) is 0 Å². The van der Waals surface area contributed by atoms with Gasteiger partial charge >= 0.3 is 0 Å². The number of carbonyl (C=O) groups excluding carboxylic acids is 1. The van der Waals surface area contributed by atoms with Gasteiger partial charge < -0.3 is 5.32 Å². The van der Waals surface area contributed by atoms with Gasteiger partial charge in [0.25, 0.3) is 0 Å². The fourth-order valence-corrected chi connectivity index (χ4v) is 4.18. The van der Waals surface area contributed by atoms with Crippen molar-refractivity contribution >= 4 is 15.7 Å². The molecule has 0 spiro atoms. The highest BCUT2D eigenvalue weighted by Crippen LogP contribution is 2.18. The standard InChI is InChI=1S/C17H25N3O3S/c21-17(18-15-6-7-15)14-20-10-8-19(9-11-20)12-13-24(22,23)16-4-2-1-3-5-16/h1-5,15H,6-14H2,(H,18,21). The molecule has 1 aliphatic carbocycles. The van der Waals surface area contributed by atoms with E-state index in [0.29, 0.717) is 24.0 Å². The van der Waals surface area contributed by atoms with Gasteiger partial charge in [-0.25, -0.2) is 8.42 Å². The Hall–Kier alpha value is -1.44. The SMILES string of the molecule is O=C(CN1CCN(CCS(=O)(=O)c2ccccc2)CC1)NC1CC1. The van der Waals surface area contributed by atoms with Gasteiger partial charge in [-0.1, -0.05) is 18.2 Å². The molecule has 1 aliphatic heterocycles. The minimum absolute atomic E-state index is 0.109. The minimum atomic E-state index is -3.22. The molecule has 1 saturated carbocycles. The number of nitrogens with zero attached hydrogens (tertiary/aromatic N) is 2. The normalized spacial score (nSPS) is 20.0. The maximum atomic E-state index is 12.3. The van der Waals surface area contributed by atoms with Crippen molar-refractivity contribution in [1.82, 2.24) is 15.1 Å². The first-order chi connectivity index (χ1) is 11.5. The topological polar surface area (TPSA) is 69.7 Å².